The zero-order valence-corrected chi connectivity index (χ0v) is 15.9. The maximum Gasteiger partial charge on any atom is 0.322 e. The predicted octanol–water partition coefficient (Wildman–Crippen LogP) is 3.96. The Labute approximate surface area is 157 Å². The van der Waals surface area contributed by atoms with E-state index in [1.165, 1.54) is 0 Å². The summed E-state index contributed by atoms with van der Waals surface area (Å²) >= 11 is 1.59. The highest BCUT2D eigenvalue weighted by atomic mass is 32.1. The highest BCUT2D eigenvalue weighted by Crippen LogP contribution is 2.32. The molecule has 6 nitrogen and oxygen atoms in total. The first-order valence-electron chi connectivity index (χ1n) is 8.96. The van der Waals surface area contributed by atoms with Gasteiger partial charge in [0, 0.05) is 35.9 Å². The molecule has 7 heteroatoms. The van der Waals surface area contributed by atoms with Crippen LogP contribution in [0.3, 0.4) is 0 Å². The van der Waals surface area contributed by atoms with Gasteiger partial charge in [-0.3, -0.25) is 4.79 Å². The van der Waals surface area contributed by atoms with Crippen molar-refractivity contribution < 1.29 is 9.59 Å². The quantitative estimate of drug-likeness (QED) is 0.853. The molecule has 1 aliphatic rings. The lowest BCUT2D eigenvalue weighted by molar-refractivity contribution is 0.0955. The lowest BCUT2D eigenvalue weighted by atomic mass is 10.0. The molecule has 2 heterocycles. The van der Waals surface area contributed by atoms with Gasteiger partial charge < -0.3 is 15.5 Å². The van der Waals surface area contributed by atoms with E-state index in [-0.39, 0.29) is 18.0 Å². The van der Waals surface area contributed by atoms with Crippen molar-refractivity contribution in [1.29, 1.82) is 0 Å². The van der Waals surface area contributed by atoms with Gasteiger partial charge in [0.2, 0.25) is 0 Å². The molecule has 0 saturated carbocycles. The Morgan fingerprint density at radius 1 is 1.35 bits per heavy atom. The number of urea groups is 1. The fourth-order valence-corrected chi connectivity index (χ4v) is 4.01. The molecule has 0 unspecified atom stereocenters. The third-order valence-corrected chi connectivity index (χ3v) is 5.44. The molecular weight excluding hydrogens is 348 g/mol. The van der Waals surface area contributed by atoms with E-state index in [1.54, 1.807) is 35.7 Å². The maximum absolute atomic E-state index is 12.9. The topological polar surface area (TPSA) is 74.3 Å². The number of hydrogen-bond donors (Lipinski definition) is 2. The van der Waals surface area contributed by atoms with Crippen LogP contribution in [0.4, 0.5) is 10.5 Å². The Morgan fingerprint density at radius 2 is 2.19 bits per heavy atom. The second kappa shape index (κ2) is 8.31. The Bertz CT molecular complexity index is 776. The summed E-state index contributed by atoms with van der Waals surface area (Å²) in [6, 6.07) is 5.26. The molecule has 138 valence electrons. The minimum absolute atomic E-state index is 0.0404. The molecule has 0 aliphatic carbocycles. The molecule has 0 bridgehead atoms. The van der Waals surface area contributed by atoms with E-state index in [4.69, 9.17) is 0 Å². The molecule has 1 aromatic heterocycles. The first kappa shape index (κ1) is 18.4. The molecule has 3 rings (SSSR count). The molecule has 1 saturated heterocycles. The zero-order valence-electron chi connectivity index (χ0n) is 15.1. The average Bonchev–Trinajstić information content (AvgIpc) is 3.18. The summed E-state index contributed by atoms with van der Waals surface area (Å²) in [6.07, 6.45) is 4.84. The number of anilines is 1. The summed E-state index contributed by atoms with van der Waals surface area (Å²) in [6.45, 7) is 5.10. The molecule has 1 aromatic carbocycles. The summed E-state index contributed by atoms with van der Waals surface area (Å²) in [4.78, 5) is 31.1. The summed E-state index contributed by atoms with van der Waals surface area (Å²) < 4.78 is 0. The van der Waals surface area contributed by atoms with E-state index >= 15 is 0 Å². The number of amides is 3. The van der Waals surface area contributed by atoms with Gasteiger partial charge in [-0.25, -0.2) is 9.78 Å². The molecule has 1 fully saturated rings. The number of carbonyl (C=O) groups is 2. The lowest BCUT2D eigenvalue weighted by Gasteiger charge is -2.34. The van der Waals surface area contributed by atoms with E-state index in [0.29, 0.717) is 12.1 Å². The Hall–Kier alpha value is -2.41. The van der Waals surface area contributed by atoms with Crippen molar-refractivity contribution in [1.82, 2.24) is 15.2 Å². The normalized spacial score (nSPS) is 17.0. The average molecular weight is 372 g/mol. The number of thiazole rings is 1. The monoisotopic (exact) mass is 372 g/mol. The Balaban J connectivity index is 1.73. The van der Waals surface area contributed by atoms with Crippen LogP contribution in [0.15, 0.2) is 29.8 Å². The van der Waals surface area contributed by atoms with Crippen molar-refractivity contribution in [3.05, 3.63) is 45.9 Å². The minimum Gasteiger partial charge on any atom is -0.352 e. The zero-order chi connectivity index (χ0) is 18.5. The van der Waals surface area contributed by atoms with E-state index in [1.807, 2.05) is 24.1 Å². The minimum atomic E-state index is -0.112. The number of aryl methyl sites for hydroxylation is 1. The highest BCUT2D eigenvalue weighted by Gasteiger charge is 2.29. The molecule has 1 atom stereocenters. The fourth-order valence-electron chi connectivity index (χ4n) is 3.23. The van der Waals surface area contributed by atoms with Crippen molar-refractivity contribution >= 4 is 29.0 Å². The van der Waals surface area contributed by atoms with Crippen LogP contribution in [0.25, 0.3) is 0 Å². The Morgan fingerprint density at radius 3 is 2.88 bits per heavy atom. The van der Waals surface area contributed by atoms with E-state index in [2.05, 4.69) is 15.6 Å². The van der Waals surface area contributed by atoms with Crippen molar-refractivity contribution in [3.63, 3.8) is 0 Å². The van der Waals surface area contributed by atoms with E-state index in [9.17, 15) is 9.59 Å². The van der Waals surface area contributed by atoms with Crippen LogP contribution in [-0.4, -0.2) is 34.9 Å². The number of piperidine rings is 1. The number of carbonyl (C=O) groups excluding carboxylic acids is 2. The molecule has 3 amide bonds. The number of likely N-dealkylation sites (tertiary alicyclic amines) is 1. The molecule has 26 heavy (non-hydrogen) atoms. The van der Waals surface area contributed by atoms with Crippen LogP contribution in [0.1, 0.15) is 53.2 Å². The number of benzene rings is 1. The van der Waals surface area contributed by atoms with E-state index < -0.39 is 0 Å². The van der Waals surface area contributed by atoms with Crippen molar-refractivity contribution in [3.8, 4) is 0 Å². The lowest BCUT2D eigenvalue weighted by Crippen LogP contribution is -2.41. The van der Waals surface area contributed by atoms with Crippen LogP contribution >= 0.6 is 11.3 Å². The van der Waals surface area contributed by atoms with Crippen LogP contribution in [0.5, 0.6) is 0 Å². The third-order valence-electron chi connectivity index (χ3n) is 4.57. The van der Waals surface area contributed by atoms with Crippen LogP contribution in [0, 0.1) is 6.92 Å². The third kappa shape index (κ3) is 4.04. The number of nitrogens with zero attached hydrogens (tertiary/aromatic N) is 2. The second-order valence-electron chi connectivity index (χ2n) is 6.39. The first-order valence-corrected chi connectivity index (χ1v) is 9.84. The summed E-state index contributed by atoms with van der Waals surface area (Å²) in [5.74, 6) is -0.103. The SMILES string of the molecule is CCNC(=O)c1ccc(NC(=O)N2CCCC[C@H]2c2nccs2)c(C)c1. The van der Waals surface area contributed by atoms with Crippen molar-refractivity contribution in [2.45, 2.75) is 39.2 Å². The summed E-state index contributed by atoms with van der Waals surface area (Å²) in [7, 11) is 0. The molecular formula is C19H24N4O2S. The predicted molar refractivity (Wildman–Crippen MR) is 104 cm³/mol. The van der Waals surface area contributed by atoms with Gasteiger partial charge >= 0.3 is 6.03 Å². The van der Waals surface area contributed by atoms with Crippen LogP contribution < -0.4 is 10.6 Å². The van der Waals surface area contributed by atoms with E-state index in [0.717, 1.165) is 42.1 Å². The largest absolute Gasteiger partial charge is 0.352 e. The maximum atomic E-state index is 12.9. The second-order valence-corrected chi connectivity index (χ2v) is 7.32. The van der Waals surface area contributed by atoms with Gasteiger partial charge in [0.25, 0.3) is 5.91 Å². The molecule has 2 aromatic rings. The van der Waals surface area contributed by atoms with Gasteiger partial charge in [-0.05, 0) is 56.9 Å². The molecule has 0 radical (unpaired) electrons. The summed E-state index contributed by atoms with van der Waals surface area (Å²) in [5, 5.41) is 8.72. The first-order chi connectivity index (χ1) is 12.6. The van der Waals surface area contributed by atoms with Crippen molar-refractivity contribution in [2.24, 2.45) is 0 Å². The highest BCUT2D eigenvalue weighted by molar-refractivity contribution is 7.09. The van der Waals surface area contributed by atoms with Crippen molar-refractivity contribution in [2.75, 3.05) is 18.4 Å². The van der Waals surface area contributed by atoms with Gasteiger partial charge in [-0.1, -0.05) is 0 Å². The molecule has 0 spiro atoms. The Kier molecular flexibility index (Phi) is 5.88. The van der Waals surface area contributed by atoms with Gasteiger partial charge in [0.15, 0.2) is 0 Å². The van der Waals surface area contributed by atoms with Gasteiger partial charge in [0.05, 0.1) is 6.04 Å². The molecule has 1 aliphatic heterocycles. The number of rotatable bonds is 4. The van der Waals surface area contributed by atoms with Gasteiger partial charge in [0.1, 0.15) is 5.01 Å². The standard InChI is InChI=1S/C19H24N4O2S/c1-3-20-17(24)14-7-8-15(13(2)12-14)22-19(25)23-10-5-4-6-16(23)18-21-9-11-26-18/h7-9,11-12,16H,3-6,10H2,1-2H3,(H,20,24)(H,22,25)/t16-/m0/s1. The smallest absolute Gasteiger partial charge is 0.322 e. The number of aromatic nitrogens is 1. The van der Waals surface area contributed by atoms with Crippen LogP contribution in [0.2, 0.25) is 0 Å². The number of nitrogens with one attached hydrogen (secondary N) is 2. The number of hydrogen-bond acceptors (Lipinski definition) is 4. The fraction of sp³-hybridized carbons (Fsp3) is 0.421. The summed E-state index contributed by atoms with van der Waals surface area (Å²) in [5.41, 5.74) is 2.19. The molecule has 2 N–H and O–H groups in total. The van der Waals surface area contributed by atoms with Gasteiger partial charge in [-0.15, -0.1) is 11.3 Å². The van der Waals surface area contributed by atoms with Gasteiger partial charge in [-0.2, -0.15) is 0 Å². The van der Waals surface area contributed by atoms with Crippen LogP contribution in [-0.2, 0) is 0 Å².